The van der Waals surface area contributed by atoms with Crippen LogP contribution in [-0.4, -0.2) is 9.97 Å². The summed E-state index contributed by atoms with van der Waals surface area (Å²) in [6, 6.07) is 3.25. The highest BCUT2D eigenvalue weighted by molar-refractivity contribution is 9.10. The average molecular weight is 349 g/mol. The van der Waals surface area contributed by atoms with E-state index in [1.54, 1.807) is 18.3 Å². The van der Waals surface area contributed by atoms with E-state index in [-0.39, 0.29) is 0 Å². The van der Waals surface area contributed by atoms with Crippen molar-refractivity contribution >= 4 is 39.1 Å². The van der Waals surface area contributed by atoms with Crippen LogP contribution in [0.3, 0.4) is 0 Å². The molecule has 0 aliphatic carbocycles. The Balaban J connectivity index is 2.30. The third-order valence-electron chi connectivity index (χ3n) is 2.06. The minimum atomic E-state index is 0.291. The Morgan fingerprint density at radius 2 is 2.00 bits per heavy atom. The topological polar surface area (TPSA) is 61.0 Å². The number of nitrogens with zero attached hydrogens (tertiary/aromatic N) is 2. The van der Waals surface area contributed by atoms with Crippen molar-refractivity contribution in [2.45, 2.75) is 6.54 Å². The summed E-state index contributed by atoms with van der Waals surface area (Å²) in [4.78, 5) is 8.13. The molecule has 0 spiro atoms. The molecule has 94 valence electrons. The summed E-state index contributed by atoms with van der Waals surface area (Å²) in [5, 5.41) is 0.920. The molecule has 0 saturated heterocycles. The monoisotopic (exact) mass is 347 g/mol. The molecule has 0 aliphatic rings. The van der Waals surface area contributed by atoms with Crippen LogP contribution < -0.4 is 10.5 Å². The molecule has 18 heavy (non-hydrogen) atoms. The third kappa shape index (κ3) is 3.11. The van der Waals surface area contributed by atoms with Crippen LogP contribution in [0.1, 0.15) is 5.69 Å². The molecule has 7 heteroatoms. The van der Waals surface area contributed by atoms with E-state index in [1.807, 2.05) is 0 Å². The van der Waals surface area contributed by atoms with Gasteiger partial charge in [0, 0.05) is 23.3 Å². The van der Waals surface area contributed by atoms with Gasteiger partial charge in [-0.05, 0) is 22.0 Å². The second kappa shape index (κ2) is 5.84. The summed E-state index contributed by atoms with van der Waals surface area (Å²) >= 11 is 15.3. The molecule has 2 aromatic rings. The number of nitrogens with two attached hydrogens (primary N) is 1. The van der Waals surface area contributed by atoms with Gasteiger partial charge in [0.25, 0.3) is 0 Å². The zero-order valence-electron chi connectivity index (χ0n) is 9.03. The SMILES string of the molecule is NCc1cncc(Oc2cc(Cl)c(Br)cc2Cl)n1. The Hall–Kier alpha value is -0.880. The lowest BCUT2D eigenvalue weighted by Crippen LogP contribution is -2.01. The van der Waals surface area contributed by atoms with Crippen molar-refractivity contribution in [1.29, 1.82) is 0 Å². The van der Waals surface area contributed by atoms with Crippen LogP contribution in [0.15, 0.2) is 29.0 Å². The first-order chi connectivity index (χ1) is 8.60. The molecular formula is C11H8BrCl2N3O. The zero-order chi connectivity index (χ0) is 13.1. The van der Waals surface area contributed by atoms with Gasteiger partial charge >= 0.3 is 0 Å². The first-order valence-corrected chi connectivity index (χ1v) is 6.48. The largest absolute Gasteiger partial charge is 0.436 e. The molecule has 0 amide bonds. The van der Waals surface area contributed by atoms with Crippen molar-refractivity contribution in [2.24, 2.45) is 5.73 Å². The molecule has 4 nitrogen and oxygen atoms in total. The van der Waals surface area contributed by atoms with E-state index in [9.17, 15) is 0 Å². The minimum Gasteiger partial charge on any atom is -0.436 e. The van der Waals surface area contributed by atoms with Crippen molar-refractivity contribution in [1.82, 2.24) is 9.97 Å². The van der Waals surface area contributed by atoms with Crippen molar-refractivity contribution in [3.05, 3.63) is 44.7 Å². The second-order valence-electron chi connectivity index (χ2n) is 3.35. The van der Waals surface area contributed by atoms with Crippen LogP contribution in [0.4, 0.5) is 0 Å². The summed E-state index contributed by atoms with van der Waals surface area (Å²) in [6.45, 7) is 0.291. The molecule has 2 N–H and O–H groups in total. The molecule has 0 unspecified atom stereocenters. The van der Waals surface area contributed by atoms with Gasteiger partial charge in [0.1, 0.15) is 5.75 Å². The molecule has 0 bridgehead atoms. The van der Waals surface area contributed by atoms with Crippen LogP contribution in [0.5, 0.6) is 11.6 Å². The molecule has 0 fully saturated rings. The maximum absolute atomic E-state index is 6.04. The van der Waals surface area contributed by atoms with Gasteiger partial charge in [-0.25, -0.2) is 4.98 Å². The molecule has 0 saturated carbocycles. The lowest BCUT2D eigenvalue weighted by atomic mass is 10.3. The van der Waals surface area contributed by atoms with Gasteiger partial charge in [0.2, 0.25) is 5.88 Å². The minimum absolute atomic E-state index is 0.291. The van der Waals surface area contributed by atoms with Crippen molar-refractivity contribution in [3.63, 3.8) is 0 Å². The van der Waals surface area contributed by atoms with E-state index in [0.717, 1.165) is 0 Å². The number of hydrogen-bond acceptors (Lipinski definition) is 4. The van der Waals surface area contributed by atoms with Gasteiger partial charge in [-0.2, -0.15) is 0 Å². The number of hydrogen-bond donors (Lipinski definition) is 1. The third-order valence-corrected chi connectivity index (χ3v) is 3.55. The highest BCUT2D eigenvalue weighted by Crippen LogP contribution is 2.35. The standard InChI is InChI=1S/C11H8BrCl2N3O/c12-7-1-9(14)10(2-8(7)13)18-11-5-16-4-6(3-15)17-11/h1-2,4-5H,3,15H2. The molecule has 2 rings (SSSR count). The number of halogens is 3. The summed E-state index contributed by atoms with van der Waals surface area (Å²) in [7, 11) is 0. The van der Waals surface area contributed by atoms with Crippen molar-refractivity contribution < 1.29 is 4.74 Å². The van der Waals surface area contributed by atoms with Crippen LogP contribution in [0.2, 0.25) is 10.0 Å². The van der Waals surface area contributed by atoms with Crippen LogP contribution in [0, 0.1) is 0 Å². The van der Waals surface area contributed by atoms with Gasteiger partial charge in [0.15, 0.2) is 0 Å². The maximum atomic E-state index is 6.04. The van der Waals surface area contributed by atoms with E-state index in [0.29, 0.717) is 38.4 Å². The highest BCUT2D eigenvalue weighted by atomic mass is 79.9. The molecule has 0 radical (unpaired) electrons. The molecule has 1 aromatic carbocycles. The summed E-state index contributed by atoms with van der Waals surface area (Å²) < 4.78 is 6.22. The number of ether oxygens (including phenoxy) is 1. The first kappa shape index (κ1) is 13.5. The second-order valence-corrected chi connectivity index (χ2v) is 5.02. The lowest BCUT2D eigenvalue weighted by molar-refractivity contribution is 0.458. The average Bonchev–Trinajstić information content (AvgIpc) is 2.36. The molecule has 0 aliphatic heterocycles. The number of rotatable bonds is 3. The fourth-order valence-electron chi connectivity index (χ4n) is 1.23. The molecule has 0 atom stereocenters. The first-order valence-electron chi connectivity index (χ1n) is 4.93. The predicted octanol–water partition coefficient (Wildman–Crippen LogP) is 3.80. The fraction of sp³-hybridized carbons (Fsp3) is 0.0909. The normalized spacial score (nSPS) is 10.4. The fourth-order valence-corrected chi connectivity index (χ4v) is 2.06. The predicted molar refractivity (Wildman–Crippen MR) is 74.2 cm³/mol. The molecule has 1 aromatic heterocycles. The Morgan fingerprint density at radius 3 is 2.72 bits per heavy atom. The van der Waals surface area contributed by atoms with Gasteiger partial charge in [-0.3, -0.25) is 4.98 Å². The number of benzene rings is 1. The van der Waals surface area contributed by atoms with Gasteiger partial charge < -0.3 is 10.5 Å². The maximum Gasteiger partial charge on any atom is 0.238 e. The van der Waals surface area contributed by atoms with E-state index >= 15 is 0 Å². The lowest BCUT2D eigenvalue weighted by Gasteiger charge is -2.08. The van der Waals surface area contributed by atoms with E-state index in [2.05, 4.69) is 25.9 Å². The zero-order valence-corrected chi connectivity index (χ0v) is 12.1. The summed E-state index contributed by atoms with van der Waals surface area (Å²) in [5.41, 5.74) is 6.11. The Morgan fingerprint density at radius 1 is 1.22 bits per heavy atom. The summed E-state index contributed by atoms with van der Waals surface area (Å²) in [6.07, 6.45) is 3.05. The van der Waals surface area contributed by atoms with E-state index < -0.39 is 0 Å². The van der Waals surface area contributed by atoms with Gasteiger partial charge in [-0.15, -0.1) is 0 Å². The smallest absolute Gasteiger partial charge is 0.238 e. The van der Waals surface area contributed by atoms with Crippen LogP contribution >= 0.6 is 39.1 Å². The number of aromatic nitrogens is 2. The van der Waals surface area contributed by atoms with E-state index in [1.165, 1.54) is 6.20 Å². The Bertz CT molecular complexity index is 580. The summed E-state index contributed by atoms with van der Waals surface area (Å²) in [5.74, 6) is 0.728. The van der Waals surface area contributed by atoms with Crippen molar-refractivity contribution in [2.75, 3.05) is 0 Å². The Labute approximate surface area is 122 Å². The molecular weight excluding hydrogens is 341 g/mol. The Kier molecular flexibility index (Phi) is 4.40. The van der Waals surface area contributed by atoms with E-state index in [4.69, 9.17) is 33.7 Å². The van der Waals surface area contributed by atoms with Crippen LogP contribution in [0.25, 0.3) is 0 Å². The quantitative estimate of drug-likeness (QED) is 0.857. The van der Waals surface area contributed by atoms with Gasteiger partial charge in [-0.1, -0.05) is 23.2 Å². The van der Waals surface area contributed by atoms with Crippen molar-refractivity contribution in [3.8, 4) is 11.6 Å². The highest BCUT2D eigenvalue weighted by Gasteiger charge is 2.09. The van der Waals surface area contributed by atoms with Crippen LogP contribution in [-0.2, 0) is 6.54 Å². The van der Waals surface area contributed by atoms with Gasteiger partial charge in [0.05, 0.1) is 21.9 Å². The molecule has 1 heterocycles.